The van der Waals surface area contributed by atoms with Crippen LogP contribution in [0.4, 0.5) is 0 Å². The van der Waals surface area contributed by atoms with Crippen molar-refractivity contribution in [2.24, 2.45) is 0 Å². The third-order valence-corrected chi connectivity index (χ3v) is 4.27. The number of benzene rings is 2. The molecule has 1 saturated heterocycles. The highest BCUT2D eigenvalue weighted by Gasteiger charge is 2.20. The molecule has 0 spiro atoms. The van der Waals surface area contributed by atoms with Crippen LogP contribution in [0.3, 0.4) is 0 Å². The van der Waals surface area contributed by atoms with Gasteiger partial charge in [0.2, 0.25) is 0 Å². The summed E-state index contributed by atoms with van der Waals surface area (Å²) >= 11 is 0. The zero-order chi connectivity index (χ0) is 15.4. The van der Waals surface area contributed by atoms with Crippen LogP contribution in [0.5, 0.6) is 0 Å². The lowest BCUT2D eigenvalue weighted by molar-refractivity contribution is 0.197. The number of likely N-dealkylation sites (tertiary alicyclic amines) is 1. The number of nitrogens with zero attached hydrogens (tertiary/aromatic N) is 1. The van der Waals surface area contributed by atoms with E-state index in [0.717, 1.165) is 18.7 Å². The lowest BCUT2D eigenvalue weighted by Gasteiger charge is -2.32. The first-order valence-electron chi connectivity index (χ1n) is 8.14. The molecule has 2 aromatic rings. The highest BCUT2D eigenvalue weighted by atomic mass is 15.2. The predicted octanol–water partition coefficient (Wildman–Crippen LogP) is 4.95. The van der Waals surface area contributed by atoms with Crippen LogP contribution in [-0.4, -0.2) is 18.0 Å². The Balaban J connectivity index is 1.98. The maximum Gasteiger partial charge on any atom is 0.0974 e. The third kappa shape index (κ3) is 3.40. The van der Waals surface area contributed by atoms with Gasteiger partial charge < -0.3 is 0 Å². The number of allylic oxidation sites excluding steroid dienone is 1. The lowest BCUT2D eigenvalue weighted by atomic mass is 9.98. The molecule has 0 radical (unpaired) electrons. The molecule has 1 heteroatoms. The van der Waals surface area contributed by atoms with Crippen molar-refractivity contribution in [3.05, 3.63) is 60.2 Å². The van der Waals surface area contributed by atoms with Crippen molar-refractivity contribution in [1.29, 1.82) is 0 Å². The van der Waals surface area contributed by atoms with Gasteiger partial charge in [-0.15, -0.1) is 0 Å². The molecule has 0 saturated carbocycles. The van der Waals surface area contributed by atoms with E-state index in [-0.39, 0.29) is 6.04 Å². The van der Waals surface area contributed by atoms with Crippen LogP contribution in [0.25, 0.3) is 10.8 Å². The molecule has 1 aliphatic heterocycles. The van der Waals surface area contributed by atoms with Crippen LogP contribution >= 0.6 is 0 Å². The summed E-state index contributed by atoms with van der Waals surface area (Å²) in [6.07, 6.45) is 3.90. The number of fused-ring (bicyclic) bond motifs is 1. The average molecular weight is 289 g/mol. The van der Waals surface area contributed by atoms with E-state index in [1.165, 1.54) is 35.6 Å². The van der Waals surface area contributed by atoms with Gasteiger partial charge >= 0.3 is 0 Å². The molecule has 1 unspecified atom stereocenters. The first-order valence-corrected chi connectivity index (χ1v) is 8.14. The van der Waals surface area contributed by atoms with Gasteiger partial charge in [0.15, 0.2) is 0 Å². The molecule has 0 N–H and O–H groups in total. The van der Waals surface area contributed by atoms with Crippen molar-refractivity contribution in [2.75, 3.05) is 13.1 Å². The Morgan fingerprint density at radius 1 is 1.05 bits per heavy atom. The zero-order valence-electron chi connectivity index (χ0n) is 13.3. The third-order valence-electron chi connectivity index (χ3n) is 4.27. The summed E-state index contributed by atoms with van der Waals surface area (Å²) in [6, 6.07) is 15.4. The van der Waals surface area contributed by atoms with Crippen LogP contribution in [0.2, 0.25) is 0 Å². The summed E-state index contributed by atoms with van der Waals surface area (Å²) in [5.41, 5.74) is 2.23. The molecule has 2 aromatic carbocycles. The highest BCUT2D eigenvalue weighted by Crippen LogP contribution is 2.27. The van der Waals surface area contributed by atoms with Gasteiger partial charge in [-0.2, -0.15) is 0 Å². The van der Waals surface area contributed by atoms with Gasteiger partial charge in [-0.25, -0.2) is 0 Å². The Labute approximate surface area is 133 Å². The fourth-order valence-electron chi connectivity index (χ4n) is 3.13. The number of rotatable bonds is 2. The van der Waals surface area contributed by atoms with E-state index in [1.807, 2.05) is 6.92 Å². The summed E-state index contributed by atoms with van der Waals surface area (Å²) in [6.45, 7) is 8.18. The molecule has 1 fully saturated rings. The van der Waals surface area contributed by atoms with Crippen LogP contribution in [0.1, 0.15) is 37.8 Å². The minimum absolute atomic E-state index is 0.182. The van der Waals surface area contributed by atoms with Gasteiger partial charge in [0.05, 0.1) is 6.04 Å². The summed E-state index contributed by atoms with van der Waals surface area (Å²) in [4.78, 5) is 2.52. The molecular formula is C21H23N. The summed E-state index contributed by atoms with van der Waals surface area (Å²) in [5, 5.41) is 2.58. The van der Waals surface area contributed by atoms with Crippen molar-refractivity contribution >= 4 is 10.8 Å². The first kappa shape index (κ1) is 14.9. The lowest BCUT2D eigenvalue weighted by Crippen LogP contribution is -2.33. The summed E-state index contributed by atoms with van der Waals surface area (Å²) < 4.78 is 0. The van der Waals surface area contributed by atoms with Crippen molar-refractivity contribution in [3.63, 3.8) is 0 Å². The van der Waals surface area contributed by atoms with Crippen LogP contribution in [0.15, 0.2) is 54.6 Å². The molecule has 3 rings (SSSR count). The van der Waals surface area contributed by atoms with E-state index in [4.69, 9.17) is 0 Å². The molecule has 0 bridgehead atoms. The van der Waals surface area contributed by atoms with Crippen molar-refractivity contribution in [2.45, 2.75) is 32.2 Å². The minimum Gasteiger partial charge on any atom is -0.286 e. The average Bonchev–Trinajstić information content (AvgIpc) is 2.55. The topological polar surface area (TPSA) is 3.24 Å². The maximum absolute atomic E-state index is 3.92. The Kier molecular flexibility index (Phi) is 4.61. The van der Waals surface area contributed by atoms with E-state index < -0.39 is 0 Å². The molecule has 1 aliphatic rings. The second-order valence-electron chi connectivity index (χ2n) is 6.16. The van der Waals surface area contributed by atoms with Gasteiger partial charge in [-0.05, 0) is 60.8 Å². The molecule has 22 heavy (non-hydrogen) atoms. The molecule has 0 aliphatic carbocycles. The largest absolute Gasteiger partial charge is 0.286 e. The van der Waals surface area contributed by atoms with E-state index in [2.05, 4.69) is 65.8 Å². The van der Waals surface area contributed by atoms with Gasteiger partial charge in [0, 0.05) is 0 Å². The van der Waals surface area contributed by atoms with E-state index in [0.29, 0.717) is 0 Å². The Morgan fingerprint density at radius 3 is 2.50 bits per heavy atom. The SMILES string of the molecule is C=C(C)C#CC(c1ccc2ccccc2c1)N1CCCCC1. The number of hydrogen-bond donors (Lipinski definition) is 0. The molecule has 1 atom stereocenters. The van der Waals surface area contributed by atoms with Gasteiger partial charge in [0.25, 0.3) is 0 Å². The van der Waals surface area contributed by atoms with Gasteiger partial charge in [-0.1, -0.05) is 61.2 Å². The molecular weight excluding hydrogens is 266 g/mol. The second-order valence-corrected chi connectivity index (χ2v) is 6.16. The summed E-state index contributed by atoms with van der Waals surface area (Å²) in [7, 11) is 0. The minimum atomic E-state index is 0.182. The van der Waals surface area contributed by atoms with E-state index in [9.17, 15) is 0 Å². The molecule has 1 nitrogen and oxygen atoms in total. The van der Waals surface area contributed by atoms with E-state index in [1.54, 1.807) is 0 Å². The summed E-state index contributed by atoms with van der Waals surface area (Å²) in [5.74, 6) is 6.65. The fourth-order valence-corrected chi connectivity index (χ4v) is 3.13. The predicted molar refractivity (Wildman–Crippen MR) is 94.7 cm³/mol. The van der Waals surface area contributed by atoms with Gasteiger partial charge in [-0.3, -0.25) is 4.90 Å². The smallest absolute Gasteiger partial charge is 0.0974 e. The van der Waals surface area contributed by atoms with Crippen LogP contribution in [-0.2, 0) is 0 Å². The Morgan fingerprint density at radius 2 is 1.77 bits per heavy atom. The number of hydrogen-bond acceptors (Lipinski definition) is 1. The van der Waals surface area contributed by atoms with Crippen molar-refractivity contribution in [1.82, 2.24) is 4.90 Å². The normalized spacial score (nSPS) is 16.8. The fraction of sp³-hybridized carbons (Fsp3) is 0.333. The van der Waals surface area contributed by atoms with Crippen LogP contribution in [0, 0.1) is 11.8 Å². The molecule has 1 heterocycles. The quantitative estimate of drug-likeness (QED) is 0.707. The molecule has 112 valence electrons. The number of piperidine rings is 1. The Hall–Kier alpha value is -2.04. The standard InChI is InChI=1S/C21H23N/c1-17(2)10-13-21(22-14-6-3-7-15-22)20-12-11-18-8-4-5-9-19(18)16-20/h4-5,8-9,11-12,16,21H,1,3,6-7,14-15H2,2H3. The van der Waals surface area contributed by atoms with E-state index >= 15 is 0 Å². The zero-order valence-corrected chi connectivity index (χ0v) is 13.3. The van der Waals surface area contributed by atoms with Crippen LogP contribution < -0.4 is 0 Å². The highest BCUT2D eigenvalue weighted by molar-refractivity contribution is 5.83. The molecule has 0 amide bonds. The Bertz CT molecular complexity index is 726. The molecule has 0 aromatic heterocycles. The maximum atomic E-state index is 3.92. The van der Waals surface area contributed by atoms with Crippen molar-refractivity contribution < 1.29 is 0 Å². The first-order chi connectivity index (χ1) is 10.7. The van der Waals surface area contributed by atoms with Gasteiger partial charge in [0.1, 0.15) is 0 Å². The monoisotopic (exact) mass is 289 g/mol. The second kappa shape index (κ2) is 6.81. The van der Waals surface area contributed by atoms with Crippen molar-refractivity contribution in [3.8, 4) is 11.8 Å².